The molecule has 4 heteroatoms. The molecule has 0 saturated heterocycles. The summed E-state index contributed by atoms with van der Waals surface area (Å²) in [6.07, 6.45) is 2.52. The molecule has 1 atom stereocenters. The van der Waals surface area contributed by atoms with Crippen molar-refractivity contribution >= 4 is 28.6 Å². The highest BCUT2D eigenvalue weighted by molar-refractivity contribution is 7.59. The fourth-order valence-electron chi connectivity index (χ4n) is 0.442. The molecule has 0 aromatic rings. The van der Waals surface area contributed by atoms with Gasteiger partial charge in [-0.15, -0.1) is 9.24 Å². The van der Waals surface area contributed by atoms with E-state index in [9.17, 15) is 0 Å². The Kier molecular flexibility index (Phi) is 12.9. The average Bonchev–Trinajstić information content (AvgIpc) is 2.40. The largest absolute Gasteiger partial charge is 0.479 e. The van der Waals surface area contributed by atoms with Gasteiger partial charge in [0.15, 0.2) is 5.90 Å². The van der Waals surface area contributed by atoms with E-state index in [2.05, 4.69) is 21.2 Å². The van der Waals surface area contributed by atoms with Crippen LogP contribution in [0.2, 0.25) is 0 Å². The molecule has 0 radical (unpaired) electrons. The lowest BCUT2D eigenvalue weighted by Crippen LogP contribution is -1.89. The number of hydrogen-bond acceptors (Lipinski definition) is 2. The van der Waals surface area contributed by atoms with Crippen LogP contribution in [0.5, 0.6) is 0 Å². The second-order valence-corrected chi connectivity index (χ2v) is 2.62. The van der Waals surface area contributed by atoms with E-state index in [0.717, 1.165) is 19.0 Å². The van der Waals surface area contributed by atoms with Gasteiger partial charge in [0.25, 0.3) is 0 Å². The van der Waals surface area contributed by atoms with Gasteiger partial charge in [-0.3, -0.25) is 4.99 Å². The monoisotopic (exact) mass is 197 g/mol. The Bertz CT molecular complexity index is 112. The molecule has 2 nitrogen and oxygen atoms in total. The van der Waals surface area contributed by atoms with Crippen LogP contribution in [0, 0.1) is 0 Å². The minimum Gasteiger partial charge on any atom is -0.479 e. The maximum absolute atomic E-state index is 4.90. The zero-order valence-electron chi connectivity index (χ0n) is 7.26. The highest BCUT2D eigenvalue weighted by Crippen LogP contribution is 1.89. The fraction of sp³-hybridized carbons (Fsp3) is 0.857. The van der Waals surface area contributed by atoms with Crippen LogP contribution >= 0.6 is 22.7 Å². The molecule has 0 fully saturated rings. The Morgan fingerprint density at radius 2 is 2.27 bits per heavy atom. The maximum Gasteiger partial charge on any atom is 0.180 e. The van der Waals surface area contributed by atoms with Gasteiger partial charge in [-0.2, -0.15) is 13.5 Å². The predicted octanol–water partition coefficient (Wildman–Crippen LogP) is 2.07. The smallest absolute Gasteiger partial charge is 0.180 e. The van der Waals surface area contributed by atoms with E-state index in [1.165, 1.54) is 12.6 Å². The van der Waals surface area contributed by atoms with Gasteiger partial charge in [0.2, 0.25) is 0 Å². The maximum atomic E-state index is 4.90. The second kappa shape index (κ2) is 10.2. The molecule has 1 aliphatic rings. The molecule has 11 heavy (non-hydrogen) atoms. The van der Waals surface area contributed by atoms with Crippen molar-refractivity contribution in [1.29, 1.82) is 0 Å². The van der Waals surface area contributed by atoms with Crippen molar-refractivity contribution in [3.63, 3.8) is 0 Å². The zero-order valence-corrected chi connectivity index (χ0v) is 9.42. The predicted molar refractivity (Wildman–Crippen MR) is 61.3 cm³/mol. The molecule has 0 saturated carbocycles. The fourth-order valence-corrected chi connectivity index (χ4v) is 0.442. The SMILES string of the molecule is CC1=NCCO1.CCCP.S.[HH]. The van der Waals surface area contributed by atoms with E-state index in [0.29, 0.717) is 0 Å². The summed E-state index contributed by atoms with van der Waals surface area (Å²) in [5.74, 6) is 0.829. The lowest BCUT2D eigenvalue weighted by molar-refractivity contribution is 0.345. The van der Waals surface area contributed by atoms with Gasteiger partial charge < -0.3 is 4.74 Å². The van der Waals surface area contributed by atoms with Gasteiger partial charge in [0, 0.05) is 8.35 Å². The summed E-state index contributed by atoms with van der Waals surface area (Å²) in [5.41, 5.74) is 0. The van der Waals surface area contributed by atoms with Crippen molar-refractivity contribution in [2.45, 2.75) is 20.3 Å². The summed E-state index contributed by atoms with van der Waals surface area (Å²) in [6.45, 7) is 5.66. The van der Waals surface area contributed by atoms with Gasteiger partial charge in [0.1, 0.15) is 6.61 Å². The quantitative estimate of drug-likeness (QED) is 0.590. The standard InChI is InChI=1S/C4H7NO.C3H9P.H2S.H2/c1-4-5-2-3-6-4;1-2-3-4;;/h2-3H2,1H3;2-4H2,1H3;1H2;1H. The lowest BCUT2D eigenvalue weighted by atomic mass is 10.6. The van der Waals surface area contributed by atoms with Gasteiger partial charge in [0.05, 0.1) is 6.54 Å². The first-order valence-electron chi connectivity index (χ1n) is 3.65. The third-order valence-corrected chi connectivity index (χ3v) is 1.60. The van der Waals surface area contributed by atoms with E-state index in [-0.39, 0.29) is 14.9 Å². The number of rotatable bonds is 1. The molecule has 0 aromatic heterocycles. The van der Waals surface area contributed by atoms with Crippen LogP contribution in [-0.2, 0) is 4.74 Å². The van der Waals surface area contributed by atoms with Crippen LogP contribution in [0.4, 0.5) is 0 Å². The highest BCUT2D eigenvalue weighted by Gasteiger charge is 1.96. The molecule has 0 aromatic carbocycles. The molecule has 1 rings (SSSR count). The summed E-state index contributed by atoms with van der Waals surface area (Å²) in [4.78, 5) is 3.93. The molecule has 0 aliphatic carbocycles. The summed E-state index contributed by atoms with van der Waals surface area (Å²) >= 11 is 0. The number of aliphatic imine (C=N–C) groups is 1. The molecule has 1 heterocycles. The molecular formula is C7H20NOPS. The molecule has 0 spiro atoms. The summed E-state index contributed by atoms with van der Waals surface area (Å²) < 4.78 is 4.90. The van der Waals surface area contributed by atoms with E-state index in [4.69, 9.17) is 4.74 Å². The highest BCUT2D eigenvalue weighted by atomic mass is 32.1. The van der Waals surface area contributed by atoms with Crippen LogP contribution in [0.25, 0.3) is 0 Å². The normalized spacial score (nSPS) is 13.5. The molecule has 0 N–H and O–H groups in total. The van der Waals surface area contributed by atoms with Crippen LogP contribution < -0.4 is 0 Å². The van der Waals surface area contributed by atoms with E-state index in [1.54, 1.807) is 0 Å². The first-order chi connectivity index (χ1) is 4.81. The first kappa shape index (κ1) is 13.8. The minimum absolute atomic E-state index is 0. The Labute approximate surface area is 79.9 Å². The second-order valence-electron chi connectivity index (χ2n) is 2.04. The van der Waals surface area contributed by atoms with Crippen molar-refractivity contribution in [3.8, 4) is 0 Å². The van der Waals surface area contributed by atoms with E-state index in [1.807, 2.05) is 6.92 Å². The Morgan fingerprint density at radius 3 is 2.36 bits per heavy atom. The van der Waals surface area contributed by atoms with Crippen LogP contribution in [0.3, 0.4) is 0 Å². The van der Waals surface area contributed by atoms with E-state index < -0.39 is 0 Å². The molecule has 0 bridgehead atoms. The van der Waals surface area contributed by atoms with Crippen LogP contribution in [-0.4, -0.2) is 25.2 Å². The molecule has 1 unspecified atom stereocenters. The Balaban J connectivity index is -0.000000124. The van der Waals surface area contributed by atoms with Crippen molar-refractivity contribution in [2.24, 2.45) is 4.99 Å². The van der Waals surface area contributed by atoms with Crippen molar-refractivity contribution in [1.82, 2.24) is 0 Å². The zero-order chi connectivity index (χ0) is 7.82. The van der Waals surface area contributed by atoms with Crippen LogP contribution in [0.15, 0.2) is 4.99 Å². The lowest BCUT2D eigenvalue weighted by Gasteiger charge is -1.86. The first-order valence-corrected chi connectivity index (χ1v) is 4.46. The van der Waals surface area contributed by atoms with Gasteiger partial charge in [-0.05, 0) is 6.16 Å². The minimum atomic E-state index is 0. The van der Waals surface area contributed by atoms with Crippen LogP contribution in [0.1, 0.15) is 21.7 Å². The van der Waals surface area contributed by atoms with E-state index >= 15 is 0 Å². The number of nitrogens with zero attached hydrogens (tertiary/aromatic N) is 1. The van der Waals surface area contributed by atoms with Crippen molar-refractivity contribution < 1.29 is 6.16 Å². The Hall–Kier alpha value is 0.250. The summed E-state index contributed by atoms with van der Waals surface area (Å²) in [6, 6.07) is 0. The number of ether oxygens (including phenoxy) is 1. The molecular weight excluding hydrogens is 177 g/mol. The molecule has 1 aliphatic heterocycles. The average molecular weight is 197 g/mol. The van der Waals surface area contributed by atoms with Gasteiger partial charge in [-0.25, -0.2) is 0 Å². The van der Waals surface area contributed by atoms with Gasteiger partial charge in [-0.1, -0.05) is 13.3 Å². The molecule has 70 valence electrons. The van der Waals surface area contributed by atoms with Crippen molar-refractivity contribution in [3.05, 3.63) is 0 Å². The van der Waals surface area contributed by atoms with Crippen molar-refractivity contribution in [2.75, 3.05) is 19.3 Å². The summed E-state index contributed by atoms with van der Waals surface area (Å²) in [5, 5.41) is 0. The third kappa shape index (κ3) is 10.2. The topological polar surface area (TPSA) is 21.6 Å². The third-order valence-electron chi connectivity index (χ3n) is 1.03. The summed E-state index contributed by atoms with van der Waals surface area (Å²) in [7, 11) is 2.66. The molecule has 0 amide bonds. The Morgan fingerprint density at radius 1 is 1.73 bits per heavy atom. The number of hydrogen-bond donors (Lipinski definition) is 0. The van der Waals surface area contributed by atoms with Gasteiger partial charge >= 0.3 is 0 Å².